The van der Waals surface area contributed by atoms with Gasteiger partial charge in [0, 0.05) is 6.42 Å². The molecule has 1 aliphatic heterocycles. The number of hydrogen-bond acceptors (Lipinski definition) is 7. The van der Waals surface area contributed by atoms with Gasteiger partial charge in [0.2, 0.25) is 0 Å². The molecule has 9 heteroatoms. The van der Waals surface area contributed by atoms with Gasteiger partial charge in [-0.1, -0.05) is 0 Å². The van der Waals surface area contributed by atoms with Gasteiger partial charge in [-0.25, -0.2) is 4.57 Å². The van der Waals surface area contributed by atoms with Gasteiger partial charge in [0.1, 0.15) is 11.6 Å². The summed E-state index contributed by atoms with van der Waals surface area (Å²) in [4.78, 5) is 11.6. The highest BCUT2D eigenvalue weighted by Gasteiger charge is 2.38. The average molecular weight is 296 g/mol. The summed E-state index contributed by atoms with van der Waals surface area (Å²) in [6.45, 7) is -0.222. The van der Waals surface area contributed by atoms with E-state index in [0.717, 1.165) is 0 Å². The molecule has 114 valence electrons. The van der Waals surface area contributed by atoms with Crippen LogP contribution in [-0.4, -0.2) is 58.1 Å². The number of aromatic nitrogens is 4. The Hall–Kier alpha value is -1.97. The maximum atomic E-state index is 9.86. The third-order valence-electron chi connectivity index (χ3n) is 3.53. The van der Waals surface area contributed by atoms with Crippen molar-refractivity contribution < 1.29 is 24.3 Å². The Morgan fingerprint density at radius 2 is 2.38 bits per heavy atom. The molecule has 0 radical (unpaired) electrons. The number of fused-ring (bicyclic) bond motifs is 1. The van der Waals surface area contributed by atoms with Crippen LogP contribution in [0.4, 0.5) is 5.95 Å². The van der Waals surface area contributed by atoms with Crippen molar-refractivity contribution in [3.63, 3.8) is 0 Å². The lowest BCUT2D eigenvalue weighted by Crippen LogP contribution is -2.42. The van der Waals surface area contributed by atoms with Gasteiger partial charge in [0.25, 0.3) is 11.7 Å². The molecule has 2 aromatic rings. The lowest BCUT2D eigenvalue weighted by Gasteiger charge is -2.12. The van der Waals surface area contributed by atoms with E-state index in [4.69, 9.17) is 9.47 Å². The number of ether oxygens (including phenoxy) is 2. The van der Waals surface area contributed by atoms with E-state index in [1.54, 1.807) is 17.8 Å². The van der Waals surface area contributed by atoms with Gasteiger partial charge in [-0.15, -0.1) is 0 Å². The number of H-pyrrole nitrogens is 1. The predicted octanol–water partition coefficient (Wildman–Crippen LogP) is -1.06. The van der Waals surface area contributed by atoms with Crippen LogP contribution >= 0.6 is 0 Å². The normalized spacial score (nSPS) is 25.4. The highest BCUT2D eigenvalue weighted by molar-refractivity contribution is 5.70. The van der Waals surface area contributed by atoms with Crippen LogP contribution in [0.15, 0.2) is 6.20 Å². The number of rotatable bonds is 4. The molecule has 2 aromatic heterocycles. The van der Waals surface area contributed by atoms with Crippen molar-refractivity contribution in [2.75, 3.05) is 26.1 Å². The number of aliphatic hydroxyl groups excluding tert-OH is 2. The fourth-order valence-electron chi connectivity index (χ4n) is 2.44. The van der Waals surface area contributed by atoms with Crippen molar-refractivity contribution in [3.8, 4) is 6.01 Å². The van der Waals surface area contributed by atoms with E-state index in [-0.39, 0.29) is 6.61 Å². The van der Waals surface area contributed by atoms with Gasteiger partial charge in [-0.05, 0) is 4.98 Å². The van der Waals surface area contributed by atoms with Crippen LogP contribution in [0.25, 0.3) is 11.2 Å². The zero-order valence-electron chi connectivity index (χ0n) is 11.8. The highest BCUT2D eigenvalue weighted by Crippen LogP contribution is 2.26. The second kappa shape index (κ2) is 5.43. The number of nitrogens with one attached hydrogen (secondary N) is 2. The van der Waals surface area contributed by atoms with Gasteiger partial charge in [0.15, 0.2) is 6.23 Å². The minimum Gasteiger partial charge on any atom is -0.468 e. The summed E-state index contributed by atoms with van der Waals surface area (Å²) in [7, 11) is 3.26. The quantitative estimate of drug-likeness (QED) is 0.531. The van der Waals surface area contributed by atoms with E-state index >= 15 is 0 Å². The van der Waals surface area contributed by atoms with Crippen LogP contribution in [0.1, 0.15) is 12.6 Å². The number of aromatic amines is 1. The van der Waals surface area contributed by atoms with E-state index in [1.165, 1.54) is 7.11 Å². The molecule has 3 heterocycles. The monoisotopic (exact) mass is 296 g/mol. The van der Waals surface area contributed by atoms with Crippen molar-refractivity contribution in [3.05, 3.63) is 6.20 Å². The Kier molecular flexibility index (Phi) is 3.62. The van der Waals surface area contributed by atoms with Crippen LogP contribution < -0.4 is 14.6 Å². The van der Waals surface area contributed by atoms with Crippen molar-refractivity contribution >= 4 is 17.1 Å². The lowest BCUT2D eigenvalue weighted by atomic mass is 10.2. The number of hydrogen-bond donors (Lipinski definition) is 4. The van der Waals surface area contributed by atoms with E-state index in [2.05, 4.69) is 20.3 Å². The van der Waals surface area contributed by atoms with Crippen LogP contribution in [-0.2, 0) is 4.74 Å². The second-order valence-corrected chi connectivity index (χ2v) is 4.82. The zero-order valence-corrected chi connectivity index (χ0v) is 11.8. The first kappa shape index (κ1) is 14.0. The van der Waals surface area contributed by atoms with Crippen LogP contribution in [0.5, 0.6) is 6.01 Å². The van der Waals surface area contributed by atoms with Crippen LogP contribution in [0.2, 0.25) is 0 Å². The summed E-state index contributed by atoms with van der Waals surface area (Å²) < 4.78 is 12.5. The molecular formula is C12H18N5O4+. The SMILES string of the molecule is CNc1nc2nc(OC)[nH]c2c[n+]1C1C[C@H](O)[C@@H](CO)O1. The van der Waals surface area contributed by atoms with Gasteiger partial charge in [0.05, 0.1) is 33.1 Å². The summed E-state index contributed by atoms with van der Waals surface area (Å²) in [5.74, 6) is 0.549. The molecule has 0 spiro atoms. The van der Waals surface area contributed by atoms with Gasteiger partial charge in [-0.3, -0.25) is 5.32 Å². The number of aliphatic hydroxyl groups is 2. The van der Waals surface area contributed by atoms with Gasteiger partial charge < -0.3 is 24.7 Å². The Balaban J connectivity index is 2.00. The van der Waals surface area contributed by atoms with Gasteiger partial charge >= 0.3 is 5.95 Å². The smallest absolute Gasteiger partial charge is 0.395 e. The van der Waals surface area contributed by atoms with Crippen molar-refractivity contribution in [1.29, 1.82) is 0 Å². The van der Waals surface area contributed by atoms with E-state index in [9.17, 15) is 10.2 Å². The Labute approximate surface area is 120 Å². The Morgan fingerprint density at radius 1 is 1.57 bits per heavy atom. The zero-order chi connectivity index (χ0) is 15.0. The fourth-order valence-corrected chi connectivity index (χ4v) is 2.44. The molecule has 1 saturated heterocycles. The van der Waals surface area contributed by atoms with E-state index in [1.807, 2.05) is 0 Å². The highest BCUT2D eigenvalue weighted by atomic mass is 16.5. The minimum absolute atomic E-state index is 0.222. The second-order valence-electron chi connectivity index (χ2n) is 4.82. The molecule has 1 fully saturated rings. The maximum Gasteiger partial charge on any atom is 0.395 e. The molecule has 9 nitrogen and oxygen atoms in total. The standard InChI is InChI=1S/C12H17N5O4/c1-13-11-15-10-6(14-12(16-10)20-2)4-17(11)9-3-7(19)8(5-18)21-9/h4,7-9,18-19H,3,5H2,1-2H3,(H,13,14,15,16)/p+1/t7-,8+,9?/m0/s1. The number of nitrogens with zero attached hydrogens (tertiary/aromatic N) is 3. The molecule has 0 bridgehead atoms. The molecule has 0 aliphatic carbocycles. The first-order valence-corrected chi connectivity index (χ1v) is 6.64. The number of imidazole rings is 1. The topological polar surface area (TPSA) is 116 Å². The third-order valence-corrected chi connectivity index (χ3v) is 3.53. The molecule has 0 saturated carbocycles. The van der Waals surface area contributed by atoms with Crippen molar-refractivity contribution in [2.45, 2.75) is 24.9 Å². The largest absolute Gasteiger partial charge is 0.468 e. The minimum atomic E-state index is -0.704. The number of anilines is 1. The molecule has 0 amide bonds. The Bertz CT molecular complexity index is 646. The van der Waals surface area contributed by atoms with Crippen molar-refractivity contribution in [2.24, 2.45) is 0 Å². The third kappa shape index (κ3) is 2.39. The van der Waals surface area contributed by atoms with Gasteiger partial charge in [-0.2, -0.15) is 4.98 Å². The maximum absolute atomic E-state index is 9.86. The molecule has 3 rings (SSSR count). The summed E-state index contributed by atoms with van der Waals surface area (Å²) in [6.07, 6.45) is 0.471. The van der Waals surface area contributed by atoms with Crippen molar-refractivity contribution in [1.82, 2.24) is 15.0 Å². The first-order valence-electron chi connectivity index (χ1n) is 6.64. The summed E-state index contributed by atoms with van der Waals surface area (Å²) in [6, 6.07) is 0.373. The summed E-state index contributed by atoms with van der Waals surface area (Å²) in [5.41, 5.74) is 1.21. The average Bonchev–Trinajstić information content (AvgIpc) is 3.07. The molecule has 0 aromatic carbocycles. The molecule has 4 N–H and O–H groups in total. The lowest BCUT2D eigenvalue weighted by molar-refractivity contribution is -0.748. The number of methoxy groups -OCH3 is 1. The Morgan fingerprint density at radius 3 is 3.00 bits per heavy atom. The molecule has 1 unspecified atom stereocenters. The van der Waals surface area contributed by atoms with Crippen LogP contribution in [0.3, 0.4) is 0 Å². The summed E-state index contributed by atoms with van der Waals surface area (Å²) in [5, 5.41) is 22.0. The van der Waals surface area contributed by atoms with E-state index < -0.39 is 18.4 Å². The predicted molar refractivity (Wildman–Crippen MR) is 71.8 cm³/mol. The van der Waals surface area contributed by atoms with E-state index in [0.29, 0.717) is 29.5 Å². The molecule has 3 atom stereocenters. The molecule has 1 aliphatic rings. The van der Waals surface area contributed by atoms with Crippen LogP contribution in [0, 0.1) is 0 Å². The molecular weight excluding hydrogens is 278 g/mol. The molecule has 21 heavy (non-hydrogen) atoms. The summed E-state index contributed by atoms with van der Waals surface area (Å²) >= 11 is 0. The first-order chi connectivity index (χ1) is 10.2. The fraction of sp³-hybridized carbons (Fsp3) is 0.583.